The number of hydrogen-bond acceptors (Lipinski definition) is 7. The Balaban J connectivity index is 1.48. The molecular weight excluding hydrogens is 407 g/mol. The van der Waals surface area contributed by atoms with Crippen molar-refractivity contribution >= 4 is 54.5 Å². The van der Waals surface area contributed by atoms with Crippen molar-refractivity contribution in [1.82, 2.24) is 14.9 Å². The Morgan fingerprint density at radius 2 is 2.17 bits per heavy atom. The Morgan fingerprint density at radius 1 is 1.28 bits per heavy atom. The zero-order chi connectivity index (χ0) is 20.0. The molecule has 0 saturated carbocycles. The van der Waals surface area contributed by atoms with Crippen LogP contribution in [0.1, 0.15) is 24.1 Å². The Kier molecular flexibility index (Phi) is 4.95. The molecule has 1 fully saturated rings. The molecule has 8 heteroatoms. The lowest BCUT2D eigenvalue weighted by molar-refractivity contribution is 0.188. The molecular formula is C21H21FN4OS2. The summed E-state index contributed by atoms with van der Waals surface area (Å²) in [6, 6.07) is 7.75. The van der Waals surface area contributed by atoms with Crippen LogP contribution in [0.3, 0.4) is 0 Å². The predicted octanol–water partition coefficient (Wildman–Crippen LogP) is 4.96. The van der Waals surface area contributed by atoms with Crippen LogP contribution in [0.5, 0.6) is 0 Å². The van der Waals surface area contributed by atoms with Gasteiger partial charge in [0.05, 0.1) is 33.7 Å². The Morgan fingerprint density at radius 3 is 3.03 bits per heavy atom. The van der Waals surface area contributed by atoms with Gasteiger partial charge in [0.2, 0.25) is 0 Å². The lowest BCUT2D eigenvalue weighted by atomic mass is 9.99. The molecule has 3 aromatic heterocycles. The van der Waals surface area contributed by atoms with Crippen molar-refractivity contribution in [3.8, 4) is 0 Å². The highest BCUT2D eigenvalue weighted by molar-refractivity contribution is 7.18. The van der Waals surface area contributed by atoms with Crippen LogP contribution in [-0.2, 0) is 0 Å². The van der Waals surface area contributed by atoms with E-state index in [2.05, 4.69) is 33.2 Å². The third kappa shape index (κ3) is 3.40. The zero-order valence-corrected chi connectivity index (χ0v) is 17.6. The quantitative estimate of drug-likeness (QED) is 0.471. The average Bonchev–Trinajstić information content (AvgIpc) is 3.42. The molecule has 0 aliphatic carbocycles. The number of fused-ring (bicyclic) bond motifs is 2. The lowest BCUT2D eigenvalue weighted by Gasteiger charge is -2.23. The molecule has 0 bridgehead atoms. The minimum atomic E-state index is -0.286. The van der Waals surface area contributed by atoms with Gasteiger partial charge < -0.3 is 10.4 Å². The second kappa shape index (κ2) is 7.60. The van der Waals surface area contributed by atoms with Crippen molar-refractivity contribution in [2.75, 3.05) is 25.0 Å². The first-order chi connectivity index (χ1) is 14.1. The van der Waals surface area contributed by atoms with Crippen molar-refractivity contribution in [2.24, 2.45) is 0 Å². The molecule has 5 nitrogen and oxygen atoms in total. The van der Waals surface area contributed by atoms with Crippen LogP contribution >= 0.6 is 22.7 Å². The Bertz CT molecular complexity index is 1170. The van der Waals surface area contributed by atoms with Crippen LogP contribution in [-0.4, -0.2) is 45.7 Å². The molecule has 1 aliphatic heterocycles. The van der Waals surface area contributed by atoms with Crippen LogP contribution in [0.15, 0.2) is 36.0 Å². The Labute approximate surface area is 175 Å². The molecule has 4 heterocycles. The number of benzene rings is 1. The van der Waals surface area contributed by atoms with Crippen molar-refractivity contribution in [3.63, 3.8) is 0 Å². The molecule has 2 N–H and O–H groups in total. The summed E-state index contributed by atoms with van der Waals surface area (Å²) in [4.78, 5) is 13.4. The van der Waals surface area contributed by atoms with Gasteiger partial charge in [-0.2, -0.15) is 0 Å². The number of rotatable bonds is 5. The summed E-state index contributed by atoms with van der Waals surface area (Å²) in [5.74, 6) is 0.142. The monoisotopic (exact) mass is 428 g/mol. The topological polar surface area (TPSA) is 61.3 Å². The van der Waals surface area contributed by atoms with Gasteiger partial charge in [-0.25, -0.2) is 14.4 Å². The number of pyridine rings is 1. The number of aliphatic hydroxyl groups excluding tert-OH is 1. The molecule has 1 aliphatic rings. The SMILES string of the molecule is C[C@H]1[C@@H](c2cc3c(Nc4cc5ncsc5cc4F)ccnc3s2)CCN1CCO. The minimum Gasteiger partial charge on any atom is -0.395 e. The highest BCUT2D eigenvalue weighted by Gasteiger charge is 2.32. The van der Waals surface area contributed by atoms with Crippen LogP contribution in [0, 0.1) is 5.82 Å². The largest absolute Gasteiger partial charge is 0.395 e. The van der Waals surface area contributed by atoms with Gasteiger partial charge in [0.15, 0.2) is 0 Å². The van der Waals surface area contributed by atoms with Crippen LogP contribution in [0.25, 0.3) is 20.4 Å². The van der Waals surface area contributed by atoms with Crippen LogP contribution in [0.2, 0.25) is 0 Å². The van der Waals surface area contributed by atoms with Gasteiger partial charge in [-0.1, -0.05) is 0 Å². The van der Waals surface area contributed by atoms with Crippen LogP contribution in [0.4, 0.5) is 15.8 Å². The molecule has 1 aromatic carbocycles. The maximum absolute atomic E-state index is 14.6. The van der Waals surface area contributed by atoms with E-state index in [0.717, 1.165) is 39.1 Å². The number of aliphatic hydroxyl groups is 1. The highest BCUT2D eigenvalue weighted by atomic mass is 32.1. The summed E-state index contributed by atoms with van der Waals surface area (Å²) >= 11 is 3.14. The summed E-state index contributed by atoms with van der Waals surface area (Å²) in [6.07, 6.45) is 2.84. The lowest BCUT2D eigenvalue weighted by Crippen LogP contribution is -2.31. The smallest absolute Gasteiger partial charge is 0.148 e. The number of nitrogens with one attached hydrogen (secondary N) is 1. The molecule has 0 amide bonds. The predicted molar refractivity (Wildman–Crippen MR) is 118 cm³/mol. The van der Waals surface area contributed by atoms with E-state index in [1.165, 1.54) is 22.3 Å². The summed E-state index contributed by atoms with van der Waals surface area (Å²) in [5, 5.41) is 13.5. The number of thiazole rings is 1. The number of β-amino-alcohol motifs (C(OH)–C–C–N with tert-alkyl or cyclic N) is 1. The maximum atomic E-state index is 14.6. The van der Waals surface area contributed by atoms with Gasteiger partial charge in [0.25, 0.3) is 0 Å². The fourth-order valence-electron chi connectivity index (χ4n) is 4.20. The van der Waals surface area contributed by atoms with E-state index in [9.17, 15) is 9.50 Å². The van der Waals surface area contributed by atoms with E-state index in [0.29, 0.717) is 24.2 Å². The third-order valence-electron chi connectivity index (χ3n) is 5.78. The van der Waals surface area contributed by atoms with E-state index in [-0.39, 0.29) is 12.4 Å². The van der Waals surface area contributed by atoms with Gasteiger partial charge >= 0.3 is 0 Å². The number of anilines is 2. The summed E-state index contributed by atoms with van der Waals surface area (Å²) in [7, 11) is 0. The van der Waals surface area contributed by atoms with Gasteiger partial charge in [0, 0.05) is 35.0 Å². The van der Waals surface area contributed by atoms with Crippen molar-refractivity contribution in [1.29, 1.82) is 0 Å². The first kappa shape index (κ1) is 18.9. The summed E-state index contributed by atoms with van der Waals surface area (Å²) < 4.78 is 15.4. The Hall–Kier alpha value is -2.13. The minimum absolute atomic E-state index is 0.188. The van der Waals surface area contributed by atoms with E-state index in [1.54, 1.807) is 29.1 Å². The number of halogens is 1. The van der Waals surface area contributed by atoms with Crippen molar-refractivity contribution in [3.05, 3.63) is 46.7 Å². The average molecular weight is 429 g/mol. The molecule has 0 unspecified atom stereocenters. The van der Waals surface area contributed by atoms with Gasteiger partial charge in [0.1, 0.15) is 10.6 Å². The fraction of sp³-hybridized carbons (Fsp3) is 0.333. The number of likely N-dealkylation sites (tertiary alicyclic amines) is 1. The number of aromatic nitrogens is 2. The molecule has 1 saturated heterocycles. The molecule has 4 aromatic rings. The molecule has 2 atom stereocenters. The highest BCUT2D eigenvalue weighted by Crippen LogP contribution is 2.41. The van der Waals surface area contributed by atoms with Crippen molar-refractivity contribution in [2.45, 2.75) is 25.3 Å². The third-order valence-corrected chi connectivity index (χ3v) is 7.75. The van der Waals surface area contributed by atoms with Crippen molar-refractivity contribution < 1.29 is 9.50 Å². The molecule has 150 valence electrons. The molecule has 0 spiro atoms. The zero-order valence-electron chi connectivity index (χ0n) is 15.9. The summed E-state index contributed by atoms with van der Waals surface area (Å²) in [5.41, 5.74) is 3.79. The fourth-order valence-corrected chi connectivity index (χ4v) is 6.14. The number of thiophene rings is 1. The second-order valence-electron chi connectivity index (χ2n) is 7.40. The van der Waals surface area contributed by atoms with Crippen LogP contribution < -0.4 is 5.32 Å². The second-order valence-corrected chi connectivity index (χ2v) is 9.35. The van der Waals surface area contributed by atoms with E-state index >= 15 is 0 Å². The molecule has 29 heavy (non-hydrogen) atoms. The maximum Gasteiger partial charge on any atom is 0.148 e. The summed E-state index contributed by atoms with van der Waals surface area (Å²) in [6.45, 7) is 4.13. The van der Waals surface area contributed by atoms with E-state index < -0.39 is 0 Å². The first-order valence-corrected chi connectivity index (χ1v) is 11.4. The van der Waals surface area contributed by atoms with E-state index in [1.807, 2.05) is 6.07 Å². The van der Waals surface area contributed by atoms with Gasteiger partial charge in [-0.3, -0.25) is 4.90 Å². The first-order valence-electron chi connectivity index (χ1n) is 9.67. The number of hydrogen-bond donors (Lipinski definition) is 2. The van der Waals surface area contributed by atoms with E-state index in [4.69, 9.17) is 0 Å². The normalized spacial score (nSPS) is 20.1. The molecule has 0 radical (unpaired) electrons. The van der Waals surface area contributed by atoms with Gasteiger partial charge in [-0.15, -0.1) is 22.7 Å². The molecule has 5 rings (SSSR count). The standard InChI is InChI=1S/C21H21FN4OS2/c1-12-13(3-5-26(12)6-7-27)19-8-14-16(2-4-23-21(14)29-19)25-17-10-18-20(9-15(17)22)28-11-24-18/h2,4,8-13,27H,3,5-7H2,1H3,(H,23,25)/t12-,13-/m0/s1. The van der Waals surface area contributed by atoms with Gasteiger partial charge in [-0.05, 0) is 44.2 Å². The number of nitrogens with zero attached hydrogens (tertiary/aromatic N) is 3.